The van der Waals surface area contributed by atoms with Gasteiger partial charge in [0.05, 0.1) is 6.04 Å². The molecule has 3 aromatic rings. The van der Waals surface area contributed by atoms with Crippen LogP contribution in [-0.2, 0) is 0 Å². The van der Waals surface area contributed by atoms with Crippen LogP contribution in [-0.4, -0.2) is 6.54 Å². The Hall–Kier alpha value is -1.55. The van der Waals surface area contributed by atoms with Crippen LogP contribution < -0.4 is 11.1 Å². The molecule has 3 rings (SSSR count). The molecule has 0 radical (unpaired) electrons. The average Bonchev–Trinajstić information content (AvgIpc) is 2.91. The fraction of sp³-hybridized carbons (Fsp3) is 0.125. The summed E-state index contributed by atoms with van der Waals surface area (Å²) in [6.45, 7) is 0.545. The van der Waals surface area contributed by atoms with Crippen LogP contribution in [0.2, 0.25) is 5.02 Å². The van der Waals surface area contributed by atoms with Crippen molar-refractivity contribution in [2.24, 2.45) is 5.73 Å². The summed E-state index contributed by atoms with van der Waals surface area (Å²) < 4.78 is 1.29. The minimum atomic E-state index is 0.104. The summed E-state index contributed by atoms with van der Waals surface area (Å²) in [5.74, 6) is 0. The van der Waals surface area contributed by atoms with Gasteiger partial charge in [-0.1, -0.05) is 29.8 Å². The summed E-state index contributed by atoms with van der Waals surface area (Å²) in [6.07, 6.45) is 0. The molecule has 1 aromatic heterocycles. The highest BCUT2D eigenvalue weighted by Crippen LogP contribution is 2.31. The zero-order chi connectivity index (χ0) is 13.9. The van der Waals surface area contributed by atoms with Crippen LogP contribution in [0, 0.1) is 0 Å². The van der Waals surface area contributed by atoms with Crippen LogP contribution in [0.3, 0.4) is 0 Å². The van der Waals surface area contributed by atoms with Crippen molar-refractivity contribution in [3.05, 3.63) is 64.5 Å². The van der Waals surface area contributed by atoms with Crippen LogP contribution >= 0.6 is 22.9 Å². The molecule has 102 valence electrons. The fourth-order valence-corrected chi connectivity index (χ4v) is 3.42. The Kier molecular flexibility index (Phi) is 3.92. The first-order valence-electron chi connectivity index (χ1n) is 6.46. The van der Waals surface area contributed by atoms with Crippen LogP contribution in [0.25, 0.3) is 10.1 Å². The normalized spacial score (nSPS) is 12.5. The van der Waals surface area contributed by atoms with Crippen LogP contribution in [0.15, 0.2) is 53.9 Å². The zero-order valence-electron chi connectivity index (χ0n) is 10.8. The molecule has 0 aliphatic carbocycles. The summed E-state index contributed by atoms with van der Waals surface area (Å²) >= 11 is 7.66. The van der Waals surface area contributed by atoms with Gasteiger partial charge in [-0.15, -0.1) is 11.3 Å². The maximum atomic E-state index is 5.95. The lowest BCUT2D eigenvalue weighted by Crippen LogP contribution is -2.20. The number of nitrogens with two attached hydrogens (primary N) is 1. The van der Waals surface area contributed by atoms with Crippen molar-refractivity contribution < 1.29 is 0 Å². The second-order valence-electron chi connectivity index (χ2n) is 4.63. The molecule has 20 heavy (non-hydrogen) atoms. The molecule has 3 N–H and O–H groups in total. The first-order chi connectivity index (χ1) is 9.78. The predicted molar refractivity (Wildman–Crippen MR) is 88.7 cm³/mol. The van der Waals surface area contributed by atoms with Gasteiger partial charge < -0.3 is 11.1 Å². The number of thiophene rings is 1. The highest BCUT2D eigenvalue weighted by atomic mass is 35.5. The summed E-state index contributed by atoms with van der Waals surface area (Å²) in [6, 6.07) is 16.2. The van der Waals surface area contributed by atoms with E-state index >= 15 is 0 Å². The lowest BCUT2D eigenvalue weighted by atomic mass is 10.1. The van der Waals surface area contributed by atoms with E-state index in [1.54, 1.807) is 11.3 Å². The van der Waals surface area contributed by atoms with Crippen molar-refractivity contribution in [2.45, 2.75) is 6.04 Å². The van der Waals surface area contributed by atoms with E-state index in [1.807, 2.05) is 24.3 Å². The number of rotatable bonds is 4. The Balaban J connectivity index is 1.91. The number of nitrogens with one attached hydrogen (secondary N) is 1. The highest BCUT2D eigenvalue weighted by molar-refractivity contribution is 7.17. The standard InChI is InChI=1S/C16H15ClN2S/c17-11-5-7-12(8-6-11)19-15(9-18)14-10-20-16-4-2-1-3-13(14)16/h1-8,10,15,19H,9,18H2. The van der Waals surface area contributed by atoms with Crippen molar-refractivity contribution >= 4 is 38.7 Å². The topological polar surface area (TPSA) is 38.0 Å². The van der Waals surface area contributed by atoms with E-state index in [4.69, 9.17) is 17.3 Å². The second-order valence-corrected chi connectivity index (χ2v) is 5.97. The Morgan fingerprint density at radius 2 is 1.85 bits per heavy atom. The molecule has 1 atom stereocenters. The minimum absolute atomic E-state index is 0.104. The van der Waals surface area contributed by atoms with E-state index in [0.717, 1.165) is 10.7 Å². The summed E-state index contributed by atoms with van der Waals surface area (Å²) in [4.78, 5) is 0. The van der Waals surface area contributed by atoms with Crippen LogP contribution in [0.1, 0.15) is 11.6 Å². The molecule has 2 aromatic carbocycles. The lowest BCUT2D eigenvalue weighted by Gasteiger charge is -2.18. The van der Waals surface area contributed by atoms with E-state index in [1.165, 1.54) is 15.6 Å². The van der Waals surface area contributed by atoms with Gasteiger partial charge in [-0.05, 0) is 46.7 Å². The third-order valence-electron chi connectivity index (χ3n) is 3.31. The molecule has 2 nitrogen and oxygen atoms in total. The Bertz CT molecular complexity index is 706. The number of anilines is 1. The second kappa shape index (κ2) is 5.83. The predicted octanol–water partition coefficient (Wildman–Crippen LogP) is 4.67. The number of hydrogen-bond acceptors (Lipinski definition) is 3. The molecule has 4 heteroatoms. The van der Waals surface area contributed by atoms with Crippen molar-refractivity contribution in [1.82, 2.24) is 0 Å². The molecule has 0 spiro atoms. The van der Waals surface area contributed by atoms with Gasteiger partial charge in [0.25, 0.3) is 0 Å². The molecule has 0 aliphatic rings. The lowest BCUT2D eigenvalue weighted by molar-refractivity contribution is 0.799. The van der Waals surface area contributed by atoms with Crippen molar-refractivity contribution in [3.63, 3.8) is 0 Å². The van der Waals surface area contributed by atoms with Gasteiger partial charge in [0.1, 0.15) is 0 Å². The molecule has 1 unspecified atom stereocenters. The third-order valence-corrected chi connectivity index (χ3v) is 4.54. The first-order valence-corrected chi connectivity index (χ1v) is 7.72. The molecule has 0 saturated heterocycles. The van der Waals surface area contributed by atoms with E-state index in [-0.39, 0.29) is 6.04 Å². The largest absolute Gasteiger partial charge is 0.377 e. The molecule has 0 aliphatic heterocycles. The highest BCUT2D eigenvalue weighted by Gasteiger charge is 2.14. The summed E-state index contributed by atoms with van der Waals surface area (Å²) in [5, 5.41) is 7.67. The maximum Gasteiger partial charge on any atom is 0.0650 e. The van der Waals surface area contributed by atoms with Gasteiger partial charge in [0, 0.05) is 22.0 Å². The summed E-state index contributed by atoms with van der Waals surface area (Å²) in [7, 11) is 0. The fourth-order valence-electron chi connectivity index (χ4n) is 2.28. The Labute approximate surface area is 127 Å². The molecule has 0 amide bonds. The van der Waals surface area contributed by atoms with E-state index in [9.17, 15) is 0 Å². The van der Waals surface area contributed by atoms with Gasteiger partial charge in [0.2, 0.25) is 0 Å². The summed E-state index contributed by atoms with van der Waals surface area (Å²) in [5.41, 5.74) is 8.23. The minimum Gasteiger partial charge on any atom is -0.377 e. The maximum absolute atomic E-state index is 5.95. The molecule has 1 heterocycles. The SMILES string of the molecule is NCC(Nc1ccc(Cl)cc1)c1csc2ccccc12. The molecule has 0 saturated carbocycles. The monoisotopic (exact) mass is 302 g/mol. The molecule has 0 fully saturated rings. The van der Waals surface area contributed by atoms with Gasteiger partial charge in [0.15, 0.2) is 0 Å². The quantitative estimate of drug-likeness (QED) is 0.735. The van der Waals surface area contributed by atoms with Gasteiger partial charge >= 0.3 is 0 Å². The van der Waals surface area contributed by atoms with E-state index < -0.39 is 0 Å². The third kappa shape index (κ3) is 2.66. The molecule has 0 bridgehead atoms. The average molecular weight is 303 g/mol. The van der Waals surface area contributed by atoms with Crippen molar-refractivity contribution in [3.8, 4) is 0 Å². The van der Waals surface area contributed by atoms with Crippen molar-refractivity contribution in [2.75, 3.05) is 11.9 Å². The number of fused-ring (bicyclic) bond motifs is 1. The number of hydrogen-bond donors (Lipinski definition) is 2. The van der Waals surface area contributed by atoms with Gasteiger partial charge in [-0.3, -0.25) is 0 Å². The number of benzene rings is 2. The van der Waals surface area contributed by atoms with E-state index in [0.29, 0.717) is 6.54 Å². The van der Waals surface area contributed by atoms with Crippen LogP contribution in [0.4, 0.5) is 5.69 Å². The van der Waals surface area contributed by atoms with Crippen molar-refractivity contribution in [1.29, 1.82) is 0 Å². The Morgan fingerprint density at radius 3 is 2.60 bits per heavy atom. The number of halogens is 1. The molecular formula is C16H15ClN2S. The van der Waals surface area contributed by atoms with Crippen LogP contribution in [0.5, 0.6) is 0 Å². The molecular weight excluding hydrogens is 288 g/mol. The van der Waals surface area contributed by atoms with Gasteiger partial charge in [-0.2, -0.15) is 0 Å². The zero-order valence-corrected chi connectivity index (χ0v) is 12.4. The smallest absolute Gasteiger partial charge is 0.0650 e. The van der Waals surface area contributed by atoms with E-state index in [2.05, 4.69) is 35.0 Å². The first kappa shape index (κ1) is 13.4. The van der Waals surface area contributed by atoms with Gasteiger partial charge in [-0.25, -0.2) is 0 Å². The Morgan fingerprint density at radius 1 is 1.10 bits per heavy atom.